The molecule has 0 unspecified atom stereocenters. The topological polar surface area (TPSA) is 64.7 Å². The zero-order valence-electron chi connectivity index (χ0n) is 9.51. The van der Waals surface area contributed by atoms with Crippen molar-refractivity contribution in [1.82, 2.24) is 0 Å². The number of primary amides is 1. The lowest BCUT2D eigenvalue weighted by molar-refractivity contribution is -0.122. The molecule has 0 bridgehead atoms. The smallest absolute Gasteiger partial charge is 0.258 e. The van der Waals surface area contributed by atoms with Gasteiger partial charge in [0.2, 0.25) is 0 Å². The quantitative estimate of drug-likeness (QED) is 0.605. The molecule has 0 fully saturated rings. The number of carbonyl (C=O) groups excluding carboxylic acids is 1. The summed E-state index contributed by atoms with van der Waals surface area (Å²) in [5, 5.41) is 3.63. The van der Waals surface area contributed by atoms with E-state index in [0.29, 0.717) is 5.92 Å². The van der Waals surface area contributed by atoms with E-state index in [1.54, 1.807) is 6.21 Å². The van der Waals surface area contributed by atoms with Crippen molar-refractivity contribution in [1.29, 1.82) is 0 Å². The molecule has 1 aromatic rings. The lowest BCUT2D eigenvalue weighted by Gasteiger charge is -2.04. The van der Waals surface area contributed by atoms with Gasteiger partial charge in [-0.2, -0.15) is 0 Å². The molecule has 86 valence electrons. The van der Waals surface area contributed by atoms with Crippen molar-refractivity contribution in [2.24, 2.45) is 10.9 Å². The third-order valence-electron chi connectivity index (χ3n) is 2.09. The van der Waals surface area contributed by atoms with Gasteiger partial charge >= 0.3 is 0 Å². The average molecular weight is 220 g/mol. The molecule has 4 heteroatoms. The summed E-state index contributed by atoms with van der Waals surface area (Å²) in [6.45, 7) is 4.08. The molecule has 1 amide bonds. The molecule has 0 saturated carbocycles. The minimum atomic E-state index is -0.535. The fraction of sp³-hybridized carbons (Fsp3) is 0.333. The third-order valence-corrected chi connectivity index (χ3v) is 2.09. The largest absolute Gasteiger partial charge is 0.386 e. The highest BCUT2D eigenvalue weighted by molar-refractivity contribution is 5.79. The van der Waals surface area contributed by atoms with Crippen molar-refractivity contribution in [2.45, 2.75) is 19.8 Å². The van der Waals surface area contributed by atoms with E-state index in [4.69, 9.17) is 5.73 Å². The Morgan fingerprint density at radius 3 is 2.56 bits per heavy atom. The Kier molecular flexibility index (Phi) is 4.51. The Morgan fingerprint density at radius 1 is 1.44 bits per heavy atom. The van der Waals surface area contributed by atoms with Gasteiger partial charge in [-0.25, -0.2) is 0 Å². The van der Waals surface area contributed by atoms with Crippen molar-refractivity contribution in [3.05, 3.63) is 35.4 Å². The van der Waals surface area contributed by atoms with Gasteiger partial charge in [0.05, 0.1) is 6.21 Å². The molecule has 2 N–H and O–H groups in total. The first-order valence-corrected chi connectivity index (χ1v) is 5.13. The first-order valence-electron chi connectivity index (χ1n) is 5.13. The lowest BCUT2D eigenvalue weighted by atomic mass is 10.0. The van der Waals surface area contributed by atoms with E-state index in [9.17, 15) is 4.79 Å². The second kappa shape index (κ2) is 5.90. The molecule has 1 aromatic carbocycles. The minimum Gasteiger partial charge on any atom is -0.386 e. The van der Waals surface area contributed by atoms with Gasteiger partial charge in [-0.3, -0.25) is 4.79 Å². The zero-order chi connectivity index (χ0) is 12.0. The van der Waals surface area contributed by atoms with E-state index in [1.807, 2.05) is 24.3 Å². The van der Waals surface area contributed by atoms with Gasteiger partial charge in [-0.05, 0) is 17.0 Å². The SMILES string of the molecule is CC(C)c1ccc(C=NOCC(N)=O)cc1. The number of hydrogen-bond donors (Lipinski definition) is 1. The van der Waals surface area contributed by atoms with Crippen LogP contribution in [0.5, 0.6) is 0 Å². The van der Waals surface area contributed by atoms with Gasteiger partial charge in [0.15, 0.2) is 6.61 Å². The molecule has 0 saturated heterocycles. The van der Waals surface area contributed by atoms with Crippen LogP contribution in [0.25, 0.3) is 0 Å². The van der Waals surface area contributed by atoms with Crippen molar-refractivity contribution < 1.29 is 9.63 Å². The van der Waals surface area contributed by atoms with Crippen LogP contribution >= 0.6 is 0 Å². The van der Waals surface area contributed by atoms with E-state index in [1.165, 1.54) is 5.56 Å². The van der Waals surface area contributed by atoms with Gasteiger partial charge in [0.25, 0.3) is 5.91 Å². The molecule has 1 rings (SSSR count). The van der Waals surface area contributed by atoms with Crippen molar-refractivity contribution in [3.63, 3.8) is 0 Å². The second-order valence-electron chi connectivity index (χ2n) is 3.80. The fourth-order valence-electron chi connectivity index (χ4n) is 1.17. The van der Waals surface area contributed by atoms with Gasteiger partial charge in [-0.15, -0.1) is 0 Å². The summed E-state index contributed by atoms with van der Waals surface area (Å²) in [7, 11) is 0. The highest BCUT2D eigenvalue weighted by Crippen LogP contribution is 2.13. The molecule has 0 aliphatic rings. The van der Waals surface area contributed by atoms with E-state index in [-0.39, 0.29) is 6.61 Å². The monoisotopic (exact) mass is 220 g/mol. The molecule has 0 aliphatic carbocycles. The first kappa shape index (κ1) is 12.2. The average Bonchev–Trinajstić information content (AvgIpc) is 2.25. The van der Waals surface area contributed by atoms with E-state index in [0.717, 1.165) is 5.56 Å². The summed E-state index contributed by atoms with van der Waals surface area (Å²) in [5.74, 6) is -0.0237. The number of oxime groups is 1. The lowest BCUT2D eigenvalue weighted by Crippen LogP contribution is -2.16. The number of nitrogens with zero attached hydrogens (tertiary/aromatic N) is 1. The molecular weight excluding hydrogens is 204 g/mol. The number of amides is 1. The summed E-state index contributed by atoms with van der Waals surface area (Å²) >= 11 is 0. The fourth-order valence-corrected chi connectivity index (χ4v) is 1.17. The van der Waals surface area contributed by atoms with Crippen LogP contribution in [0.3, 0.4) is 0 Å². The minimum absolute atomic E-state index is 0.194. The van der Waals surface area contributed by atoms with E-state index < -0.39 is 5.91 Å². The Bertz CT molecular complexity index is 369. The summed E-state index contributed by atoms with van der Waals surface area (Å²) in [6.07, 6.45) is 1.55. The van der Waals surface area contributed by atoms with Crippen molar-refractivity contribution in [2.75, 3.05) is 6.61 Å². The summed E-state index contributed by atoms with van der Waals surface area (Å²) < 4.78 is 0. The van der Waals surface area contributed by atoms with Crippen molar-refractivity contribution in [3.8, 4) is 0 Å². The molecule has 16 heavy (non-hydrogen) atoms. The van der Waals surface area contributed by atoms with Crippen LogP contribution in [-0.2, 0) is 9.63 Å². The Hall–Kier alpha value is -1.84. The predicted molar refractivity (Wildman–Crippen MR) is 63.3 cm³/mol. The molecular formula is C12H16N2O2. The third kappa shape index (κ3) is 4.13. The van der Waals surface area contributed by atoms with Crippen LogP contribution in [0.1, 0.15) is 30.9 Å². The zero-order valence-corrected chi connectivity index (χ0v) is 9.51. The van der Waals surface area contributed by atoms with Crippen LogP contribution < -0.4 is 5.73 Å². The molecule has 0 atom stereocenters. The highest BCUT2D eigenvalue weighted by atomic mass is 16.6. The summed E-state index contributed by atoms with van der Waals surface area (Å²) in [6, 6.07) is 7.99. The number of benzene rings is 1. The Balaban J connectivity index is 2.51. The summed E-state index contributed by atoms with van der Waals surface area (Å²) in [5.41, 5.74) is 7.09. The molecule has 0 spiro atoms. The predicted octanol–water partition coefficient (Wildman–Crippen LogP) is 1.65. The maximum absolute atomic E-state index is 10.4. The Labute approximate surface area is 95.1 Å². The molecule has 0 aliphatic heterocycles. The van der Waals surface area contributed by atoms with Gasteiger partial charge in [0.1, 0.15) is 0 Å². The number of hydrogen-bond acceptors (Lipinski definition) is 3. The molecule has 4 nitrogen and oxygen atoms in total. The van der Waals surface area contributed by atoms with Crippen LogP contribution in [0.2, 0.25) is 0 Å². The first-order chi connectivity index (χ1) is 7.59. The molecule has 0 aromatic heterocycles. The van der Waals surface area contributed by atoms with Crippen LogP contribution in [0, 0.1) is 0 Å². The molecule has 0 radical (unpaired) electrons. The normalized spacial score (nSPS) is 10.9. The maximum Gasteiger partial charge on any atom is 0.258 e. The Morgan fingerprint density at radius 2 is 2.06 bits per heavy atom. The van der Waals surface area contributed by atoms with Gasteiger partial charge in [-0.1, -0.05) is 43.3 Å². The highest BCUT2D eigenvalue weighted by Gasteiger charge is 1.97. The number of nitrogens with two attached hydrogens (primary N) is 1. The maximum atomic E-state index is 10.4. The van der Waals surface area contributed by atoms with Crippen molar-refractivity contribution >= 4 is 12.1 Å². The van der Waals surface area contributed by atoms with Crippen LogP contribution in [0.4, 0.5) is 0 Å². The van der Waals surface area contributed by atoms with Gasteiger partial charge < -0.3 is 10.6 Å². The number of carbonyl (C=O) groups is 1. The number of rotatable bonds is 5. The molecule has 0 heterocycles. The van der Waals surface area contributed by atoms with Crippen LogP contribution in [0.15, 0.2) is 29.4 Å². The second-order valence-corrected chi connectivity index (χ2v) is 3.80. The standard InChI is InChI=1S/C12H16N2O2/c1-9(2)11-5-3-10(4-6-11)7-14-16-8-12(13)15/h3-7,9H,8H2,1-2H3,(H2,13,15). The van der Waals surface area contributed by atoms with E-state index in [2.05, 4.69) is 23.8 Å². The van der Waals surface area contributed by atoms with Crippen LogP contribution in [-0.4, -0.2) is 18.7 Å². The van der Waals surface area contributed by atoms with E-state index >= 15 is 0 Å². The van der Waals surface area contributed by atoms with Gasteiger partial charge in [0, 0.05) is 0 Å². The summed E-state index contributed by atoms with van der Waals surface area (Å²) in [4.78, 5) is 15.0.